The van der Waals surface area contributed by atoms with Crippen molar-refractivity contribution in [1.82, 2.24) is 0 Å². The van der Waals surface area contributed by atoms with E-state index in [0.717, 1.165) is 5.57 Å². The molecule has 0 radical (unpaired) electrons. The molecule has 4 aliphatic carbocycles. The maximum absolute atomic E-state index is 14.5. The average Bonchev–Trinajstić information content (AvgIpc) is 3.03. The monoisotopic (exact) mass is 574 g/mol. The van der Waals surface area contributed by atoms with Gasteiger partial charge in [-0.15, -0.1) is 0 Å². The summed E-state index contributed by atoms with van der Waals surface area (Å²) in [7, 11) is 0. The first kappa shape index (κ1) is 32.1. The van der Waals surface area contributed by atoms with E-state index in [-0.39, 0.29) is 24.5 Å². The molecule has 8 nitrogen and oxygen atoms in total. The third kappa shape index (κ3) is 4.10. The molecule has 0 aromatic rings. The summed E-state index contributed by atoms with van der Waals surface area (Å²) in [4.78, 5) is 39.5. The third-order valence-electron chi connectivity index (χ3n) is 12.7. The quantitative estimate of drug-likeness (QED) is 0.221. The first-order valence-corrected chi connectivity index (χ1v) is 14.9. The van der Waals surface area contributed by atoms with Crippen LogP contribution in [-0.4, -0.2) is 67.5 Å². The Hall–Kier alpha value is -1.87. The summed E-state index contributed by atoms with van der Waals surface area (Å²) in [5.74, 6) is -2.36. The lowest BCUT2D eigenvalue weighted by Crippen LogP contribution is -2.70. The van der Waals surface area contributed by atoms with E-state index in [9.17, 15) is 34.8 Å². The zero-order valence-electron chi connectivity index (χ0n) is 26.4. The summed E-state index contributed by atoms with van der Waals surface area (Å²) in [6.45, 7) is 17.9. The lowest BCUT2D eigenvalue weighted by molar-refractivity contribution is -0.214. The molecule has 0 amide bonds. The summed E-state index contributed by atoms with van der Waals surface area (Å²) in [6.07, 6.45) is 2.97. The molecule has 10 atom stereocenters. The van der Waals surface area contributed by atoms with E-state index in [1.165, 1.54) is 26.0 Å². The molecule has 0 unspecified atom stereocenters. The molecular formula is C33H50O8. The van der Waals surface area contributed by atoms with Gasteiger partial charge in [0.25, 0.3) is 0 Å². The normalized spacial score (nSPS) is 45.3. The van der Waals surface area contributed by atoms with Gasteiger partial charge < -0.3 is 25.2 Å². The van der Waals surface area contributed by atoms with E-state index in [1.54, 1.807) is 13.8 Å². The molecule has 0 spiro atoms. The highest BCUT2D eigenvalue weighted by atomic mass is 16.6. The van der Waals surface area contributed by atoms with Crippen LogP contribution >= 0.6 is 0 Å². The van der Waals surface area contributed by atoms with Gasteiger partial charge in [0.15, 0.2) is 5.78 Å². The van der Waals surface area contributed by atoms with Crippen LogP contribution < -0.4 is 0 Å². The zero-order chi connectivity index (χ0) is 31.4. The van der Waals surface area contributed by atoms with Crippen molar-refractivity contribution in [3.05, 3.63) is 23.8 Å². The predicted octanol–water partition coefficient (Wildman–Crippen LogP) is 3.68. The van der Waals surface area contributed by atoms with E-state index < -0.39 is 74.3 Å². The van der Waals surface area contributed by atoms with Crippen LogP contribution in [0.5, 0.6) is 0 Å². The predicted molar refractivity (Wildman–Crippen MR) is 153 cm³/mol. The average molecular weight is 575 g/mol. The summed E-state index contributed by atoms with van der Waals surface area (Å²) >= 11 is 0. The first-order valence-electron chi connectivity index (χ1n) is 14.9. The van der Waals surface area contributed by atoms with Crippen molar-refractivity contribution in [3.63, 3.8) is 0 Å². The van der Waals surface area contributed by atoms with Crippen LogP contribution in [0.25, 0.3) is 0 Å². The highest BCUT2D eigenvalue weighted by molar-refractivity contribution is 5.97. The number of Topliss-reactive ketones (excluding diaryl/α,β-unsaturated/α-hetero) is 1. The Morgan fingerprint density at radius 2 is 1.59 bits per heavy atom. The fraction of sp³-hybridized carbons (Fsp3) is 0.788. The van der Waals surface area contributed by atoms with Crippen molar-refractivity contribution >= 4 is 17.5 Å². The molecule has 0 heterocycles. The van der Waals surface area contributed by atoms with E-state index in [1.807, 2.05) is 27.7 Å². The van der Waals surface area contributed by atoms with Gasteiger partial charge in [-0.25, -0.2) is 0 Å². The fourth-order valence-corrected chi connectivity index (χ4v) is 9.97. The molecule has 3 fully saturated rings. The molecular weight excluding hydrogens is 524 g/mol. The number of esters is 1. The van der Waals surface area contributed by atoms with Gasteiger partial charge in [0.1, 0.15) is 17.0 Å². The minimum absolute atomic E-state index is 0.0103. The summed E-state index contributed by atoms with van der Waals surface area (Å²) in [5.41, 5.74) is -5.92. The zero-order valence-corrected chi connectivity index (χ0v) is 26.4. The summed E-state index contributed by atoms with van der Waals surface area (Å²) < 4.78 is 5.25. The molecule has 0 saturated heterocycles. The van der Waals surface area contributed by atoms with Crippen LogP contribution in [0, 0.1) is 38.9 Å². The van der Waals surface area contributed by atoms with Crippen molar-refractivity contribution < 1.29 is 39.5 Å². The molecule has 8 heteroatoms. The molecule has 4 N–H and O–H groups in total. The lowest BCUT2D eigenvalue weighted by Gasteiger charge is -2.70. The van der Waals surface area contributed by atoms with E-state index in [2.05, 4.69) is 19.9 Å². The highest BCUT2D eigenvalue weighted by Gasteiger charge is 2.78. The molecule has 0 aromatic carbocycles. The van der Waals surface area contributed by atoms with Gasteiger partial charge >= 0.3 is 5.97 Å². The molecule has 0 aliphatic heterocycles. The standard InChI is InChI=1S/C33H50O8/c1-18(34)41-27(2,3)13-12-23(37)33(10,40)25-22(36)16-31(8)29(25,6)17-24(38)32(9)20-15-21(35)26(39)28(4,5)19(20)11-14-30(31,32)7/h11-13,20-22,25-26,35-36,39-40H,14-17H2,1-10H3/b13-12+/t20-,21+,22-,25+,26+,29-,30+,31-,32-,33+/m1/s1. The molecule has 230 valence electrons. The number of fused-ring (bicyclic) bond motifs is 5. The van der Waals surface area contributed by atoms with Gasteiger partial charge in [-0.1, -0.05) is 53.2 Å². The summed E-state index contributed by atoms with van der Waals surface area (Å²) in [5, 5.41) is 45.2. The molecule has 0 bridgehead atoms. The second-order valence-corrected chi connectivity index (χ2v) is 15.6. The van der Waals surface area contributed by atoms with Crippen molar-refractivity contribution in [2.45, 2.75) is 124 Å². The maximum Gasteiger partial charge on any atom is 0.303 e. The lowest BCUT2D eigenvalue weighted by atomic mass is 9.32. The summed E-state index contributed by atoms with van der Waals surface area (Å²) in [6, 6.07) is 0. The number of allylic oxidation sites excluding steroid dienone is 1. The van der Waals surface area contributed by atoms with Gasteiger partial charge in [0, 0.05) is 30.1 Å². The SMILES string of the molecule is CC(=O)OC(C)(C)/C=C/C(=O)[C@](C)(O)[C@H]1[C@H](O)C[C@@]2(C)[C@]3(C)CC=C4[C@@H](C[C@H](O)[C@H](O)C4(C)C)[C@]3(C)C(=O)C[C@]12C. The number of ketones is 2. The Morgan fingerprint density at radius 1 is 1.00 bits per heavy atom. The maximum atomic E-state index is 14.5. The Morgan fingerprint density at radius 3 is 2.15 bits per heavy atom. The number of carbonyl (C=O) groups is 3. The number of aliphatic hydroxyl groups excluding tert-OH is 3. The van der Waals surface area contributed by atoms with Gasteiger partial charge in [-0.3, -0.25) is 14.4 Å². The number of hydrogen-bond donors (Lipinski definition) is 4. The van der Waals surface area contributed by atoms with Gasteiger partial charge in [-0.05, 0) is 74.3 Å². The Kier molecular flexibility index (Phi) is 7.28. The van der Waals surface area contributed by atoms with Crippen LogP contribution in [0.4, 0.5) is 0 Å². The minimum Gasteiger partial charge on any atom is -0.456 e. The number of hydrogen-bond acceptors (Lipinski definition) is 8. The first-order chi connectivity index (χ1) is 18.4. The molecule has 4 rings (SSSR count). The number of ether oxygens (including phenoxy) is 1. The van der Waals surface area contributed by atoms with Crippen LogP contribution in [0.2, 0.25) is 0 Å². The second kappa shape index (κ2) is 9.31. The van der Waals surface area contributed by atoms with Gasteiger partial charge in [0.2, 0.25) is 0 Å². The highest BCUT2D eigenvalue weighted by Crippen LogP contribution is 2.79. The van der Waals surface area contributed by atoms with Crippen LogP contribution in [0.15, 0.2) is 23.8 Å². The minimum atomic E-state index is -2.00. The van der Waals surface area contributed by atoms with E-state index in [4.69, 9.17) is 4.74 Å². The third-order valence-corrected chi connectivity index (χ3v) is 12.7. The molecule has 41 heavy (non-hydrogen) atoms. The van der Waals surface area contributed by atoms with Gasteiger partial charge in [-0.2, -0.15) is 0 Å². The van der Waals surface area contributed by atoms with Crippen LogP contribution in [-0.2, 0) is 19.1 Å². The number of carbonyl (C=O) groups excluding carboxylic acids is 3. The topological polar surface area (TPSA) is 141 Å². The molecule has 0 aromatic heterocycles. The largest absolute Gasteiger partial charge is 0.456 e. The fourth-order valence-electron chi connectivity index (χ4n) is 9.97. The molecule has 4 aliphatic rings. The number of rotatable bonds is 5. The number of aliphatic hydroxyl groups is 4. The van der Waals surface area contributed by atoms with E-state index in [0.29, 0.717) is 12.8 Å². The van der Waals surface area contributed by atoms with E-state index >= 15 is 0 Å². The van der Waals surface area contributed by atoms with Crippen LogP contribution in [0.1, 0.15) is 94.9 Å². The Balaban J connectivity index is 1.79. The Labute approximate surface area is 244 Å². The van der Waals surface area contributed by atoms with Crippen molar-refractivity contribution in [2.24, 2.45) is 38.9 Å². The van der Waals surface area contributed by atoms with Gasteiger partial charge in [0.05, 0.1) is 18.3 Å². The van der Waals surface area contributed by atoms with Crippen LogP contribution in [0.3, 0.4) is 0 Å². The Bertz CT molecular complexity index is 1210. The van der Waals surface area contributed by atoms with Crippen molar-refractivity contribution in [3.8, 4) is 0 Å². The van der Waals surface area contributed by atoms with Crippen molar-refractivity contribution in [1.29, 1.82) is 0 Å². The smallest absolute Gasteiger partial charge is 0.303 e. The van der Waals surface area contributed by atoms with Crippen molar-refractivity contribution in [2.75, 3.05) is 0 Å². The second-order valence-electron chi connectivity index (χ2n) is 15.6. The molecule has 3 saturated carbocycles.